The fourth-order valence-electron chi connectivity index (χ4n) is 2.97. The maximum absolute atomic E-state index is 13.0. The summed E-state index contributed by atoms with van der Waals surface area (Å²) in [7, 11) is -2.26. The molecule has 0 aromatic heterocycles. The number of ether oxygens (including phenoxy) is 1. The molecule has 2 N–H and O–H groups in total. The van der Waals surface area contributed by atoms with E-state index in [0.717, 1.165) is 17.0 Å². The second-order valence-electron chi connectivity index (χ2n) is 7.25. The first kappa shape index (κ1) is 24.2. The normalized spacial score (nSPS) is 13.1. The van der Waals surface area contributed by atoms with E-state index < -0.39 is 22.0 Å². The molecule has 0 saturated carbocycles. The molecule has 2 amide bonds. The van der Waals surface area contributed by atoms with Gasteiger partial charge in [0.15, 0.2) is 0 Å². The van der Waals surface area contributed by atoms with Crippen molar-refractivity contribution in [2.75, 3.05) is 23.0 Å². The molecule has 0 aliphatic rings. The highest BCUT2D eigenvalue weighted by Gasteiger charge is 2.30. The summed E-state index contributed by atoms with van der Waals surface area (Å²) >= 11 is 0. The van der Waals surface area contributed by atoms with Gasteiger partial charge in [-0.15, -0.1) is 0 Å². The van der Waals surface area contributed by atoms with Crippen molar-refractivity contribution in [3.63, 3.8) is 0 Å². The predicted octanol–water partition coefficient (Wildman–Crippen LogP) is 3.02. The topological polar surface area (TPSA) is 105 Å². The van der Waals surface area contributed by atoms with Crippen LogP contribution in [0.2, 0.25) is 0 Å². The summed E-state index contributed by atoms with van der Waals surface area (Å²) in [6, 6.07) is 11.9. The van der Waals surface area contributed by atoms with Crippen LogP contribution in [0.4, 0.5) is 11.4 Å². The number of rotatable bonds is 9. The van der Waals surface area contributed by atoms with Gasteiger partial charge in [-0.05, 0) is 56.7 Å². The van der Waals surface area contributed by atoms with Crippen LogP contribution in [0, 0.1) is 0 Å². The Morgan fingerprint density at radius 3 is 2.23 bits per heavy atom. The first-order valence-corrected chi connectivity index (χ1v) is 11.8. The molecule has 0 aliphatic carbocycles. The molecule has 9 heteroatoms. The fraction of sp³-hybridized carbons (Fsp3) is 0.364. The van der Waals surface area contributed by atoms with E-state index in [0.29, 0.717) is 22.7 Å². The number of carbonyl (C=O) groups is 2. The second-order valence-corrected chi connectivity index (χ2v) is 9.11. The van der Waals surface area contributed by atoms with E-state index in [2.05, 4.69) is 10.6 Å². The van der Waals surface area contributed by atoms with Crippen LogP contribution in [0.25, 0.3) is 0 Å². The summed E-state index contributed by atoms with van der Waals surface area (Å²) in [4.78, 5) is 25.6. The van der Waals surface area contributed by atoms with Crippen molar-refractivity contribution in [1.29, 1.82) is 0 Å². The number of hydrogen-bond acceptors (Lipinski definition) is 5. The van der Waals surface area contributed by atoms with Gasteiger partial charge in [0.2, 0.25) is 15.9 Å². The Morgan fingerprint density at radius 2 is 1.68 bits per heavy atom. The summed E-state index contributed by atoms with van der Waals surface area (Å²) in [5.41, 5.74) is 0.941. The minimum atomic E-state index is -3.77. The van der Waals surface area contributed by atoms with E-state index in [1.54, 1.807) is 48.5 Å². The Hall–Kier alpha value is -3.07. The van der Waals surface area contributed by atoms with Crippen LogP contribution >= 0.6 is 0 Å². The van der Waals surface area contributed by atoms with Crippen molar-refractivity contribution in [2.45, 2.75) is 39.3 Å². The standard InChI is InChI=1S/C22H29N3O5S/c1-6-15(2)23-22(27)19-9-7-8-10-20(19)24-21(26)16(3)25(31(5,28)29)17-11-13-18(30-4)14-12-17/h7-16H,6H2,1-5H3,(H,23,27)(H,24,26)/t15-,16-/m0/s1. The zero-order valence-electron chi connectivity index (χ0n) is 18.4. The van der Waals surface area contributed by atoms with E-state index in [1.807, 2.05) is 13.8 Å². The van der Waals surface area contributed by atoms with Gasteiger partial charge >= 0.3 is 0 Å². The highest BCUT2D eigenvalue weighted by Crippen LogP contribution is 2.25. The number of para-hydroxylation sites is 1. The van der Waals surface area contributed by atoms with Gasteiger partial charge in [-0.1, -0.05) is 19.1 Å². The van der Waals surface area contributed by atoms with Crippen LogP contribution in [0.15, 0.2) is 48.5 Å². The lowest BCUT2D eigenvalue weighted by Gasteiger charge is -2.28. The lowest BCUT2D eigenvalue weighted by molar-refractivity contribution is -0.116. The van der Waals surface area contributed by atoms with Crippen molar-refractivity contribution >= 4 is 33.2 Å². The number of benzene rings is 2. The maximum Gasteiger partial charge on any atom is 0.253 e. The van der Waals surface area contributed by atoms with Crippen LogP contribution in [0.5, 0.6) is 5.75 Å². The fourth-order valence-corrected chi connectivity index (χ4v) is 4.14. The zero-order valence-corrected chi connectivity index (χ0v) is 19.2. The monoisotopic (exact) mass is 447 g/mol. The third-order valence-corrected chi connectivity index (χ3v) is 6.08. The zero-order chi connectivity index (χ0) is 23.2. The molecule has 31 heavy (non-hydrogen) atoms. The number of anilines is 2. The number of hydrogen-bond donors (Lipinski definition) is 2. The molecule has 2 aromatic rings. The minimum absolute atomic E-state index is 0.0222. The van der Waals surface area contributed by atoms with E-state index in [9.17, 15) is 18.0 Å². The van der Waals surface area contributed by atoms with Crippen LogP contribution in [0.3, 0.4) is 0 Å². The minimum Gasteiger partial charge on any atom is -0.497 e. The summed E-state index contributed by atoms with van der Waals surface area (Å²) in [5.74, 6) is -0.311. The van der Waals surface area contributed by atoms with Crippen molar-refractivity contribution in [1.82, 2.24) is 5.32 Å². The highest BCUT2D eigenvalue weighted by molar-refractivity contribution is 7.92. The molecular weight excluding hydrogens is 418 g/mol. The van der Waals surface area contributed by atoms with Gasteiger partial charge < -0.3 is 15.4 Å². The molecule has 8 nitrogen and oxygen atoms in total. The first-order valence-electron chi connectivity index (χ1n) is 9.92. The molecule has 0 radical (unpaired) electrons. The Balaban J connectivity index is 2.30. The average Bonchev–Trinajstić information content (AvgIpc) is 2.73. The summed E-state index contributed by atoms with van der Waals surface area (Å²) in [6.45, 7) is 5.34. The van der Waals surface area contributed by atoms with Crippen LogP contribution in [-0.2, 0) is 14.8 Å². The van der Waals surface area contributed by atoms with E-state index in [1.165, 1.54) is 14.0 Å². The number of methoxy groups -OCH3 is 1. The van der Waals surface area contributed by atoms with Gasteiger partial charge in [0.05, 0.1) is 30.3 Å². The van der Waals surface area contributed by atoms with Gasteiger partial charge in [-0.2, -0.15) is 0 Å². The molecule has 0 spiro atoms. The molecule has 0 aliphatic heterocycles. The molecule has 0 bridgehead atoms. The Morgan fingerprint density at radius 1 is 1.06 bits per heavy atom. The molecule has 0 heterocycles. The lowest BCUT2D eigenvalue weighted by atomic mass is 10.1. The molecular formula is C22H29N3O5S. The molecule has 0 fully saturated rings. The van der Waals surface area contributed by atoms with E-state index in [-0.39, 0.29) is 11.9 Å². The van der Waals surface area contributed by atoms with Gasteiger partial charge in [-0.3, -0.25) is 13.9 Å². The number of nitrogens with zero attached hydrogens (tertiary/aromatic N) is 1. The van der Waals surface area contributed by atoms with Crippen molar-refractivity contribution < 1.29 is 22.7 Å². The molecule has 2 aromatic carbocycles. The molecule has 168 valence electrons. The van der Waals surface area contributed by atoms with Gasteiger partial charge in [-0.25, -0.2) is 8.42 Å². The van der Waals surface area contributed by atoms with E-state index >= 15 is 0 Å². The number of carbonyl (C=O) groups excluding carboxylic acids is 2. The Labute approximate surface area is 183 Å². The number of amides is 2. The largest absolute Gasteiger partial charge is 0.497 e. The van der Waals surface area contributed by atoms with Gasteiger partial charge in [0.1, 0.15) is 11.8 Å². The molecule has 2 atom stereocenters. The first-order chi connectivity index (χ1) is 14.6. The number of nitrogens with one attached hydrogen (secondary N) is 2. The van der Waals surface area contributed by atoms with Crippen LogP contribution in [0.1, 0.15) is 37.6 Å². The molecule has 0 unspecified atom stereocenters. The van der Waals surface area contributed by atoms with Crippen LogP contribution in [-0.4, -0.2) is 45.7 Å². The SMILES string of the molecule is CC[C@H](C)NC(=O)c1ccccc1NC(=O)[C@H](C)N(c1ccc(OC)cc1)S(C)(=O)=O. The quantitative estimate of drug-likeness (QED) is 0.615. The smallest absolute Gasteiger partial charge is 0.253 e. The Bertz CT molecular complexity index is 1020. The maximum atomic E-state index is 13.0. The summed E-state index contributed by atoms with van der Waals surface area (Å²) in [5, 5.41) is 5.56. The van der Waals surface area contributed by atoms with Crippen molar-refractivity contribution in [3.8, 4) is 5.75 Å². The van der Waals surface area contributed by atoms with Crippen molar-refractivity contribution in [3.05, 3.63) is 54.1 Å². The third kappa shape index (κ3) is 6.21. The number of sulfonamides is 1. The van der Waals surface area contributed by atoms with Crippen molar-refractivity contribution in [2.24, 2.45) is 0 Å². The third-order valence-electron chi connectivity index (χ3n) is 4.83. The molecule has 0 saturated heterocycles. The highest BCUT2D eigenvalue weighted by atomic mass is 32.2. The van der Waals surface area contributed by atoms with E-state index in [4.69, 9.17) is 4.74 Å². The van der Waals surface area contributed by atoms with Gasteiger partial charge in [0, 0.05) is 6.04 Å². The average molecular weight is 448 g/mol. The predicted molar refractivity (Wildman–Crippen MR) is 122 cm³/mol. The van der Waals surface area contributed by atoms with Crippen LogP contribution < -0.4 is 19.7 Å². The summed E-state index contributed by atoms with van der Waals surface area (Å²) in [6.07, 6.45) is 1.80. The van der Waals surface area contributed by atoms with Gasteiger partial charge in [0.25, 0.3) is 5.91 Å². The Kier molecular flexibility index (Phi) is 8.04. The summed E-state index contributed by atoms with van der Waals surface area (Å²) < 4.78 is 31.1. The second kappa shape index (κ2) is 10.3. The lowest BCUT2D eigenvalue weighted by Crippen LogP contribution is -2.45. The molecule has 2 rings (SSSR count).